The zero-order valence-electron chi connectivity index (χ0n) is 18.3. The number of fused-ring (bicyclic) bond motifs is 1. The summed E-state index contributed by atoms with van der Waals surface area (Å²) in [6.07, 6.45) is 8.04. The minimum Gasteiger partial charge on any atom is -0.507 e. The third kappa shape index (κ3) is 3.00. The van der Waals surface area contributed by atoms with Gasteiger partial charge < -0.3 is 14.9 Å². The zero-order valence-corrected chi connectivity index (χ0v) is 18.3. The lowest BCUT2D eigenvalue weighted by molar-refractivity contribution is -0.00613. The lowest BCUT2D eigenvalue weighted by Crippen LogP contribution is -2.48. The van der Waals surface area contributed by atoms with E-state index in [1.54, 1.807) is 13.2 Å². The standard InChI is InChI=1S/C28H28O4/c1-32-26-5-4-20(11-24(26)28-13-16-6-17(14-28)8-18(7-16)15-28)19-2-3-21-9-22(27(30)31)12-25(29)23(21)10-19/h2-5,9-12,16-18,29H,6-8,13-15H2,1H3,(H,30,31). The van der Waals surface area contributed by atoms with Gasteiger partial charge in [0, 0.05) is 10.9 Å². The molecule has 4 bridgehead atoms. The Balaban J connectivity index is 1.45. The van der Waals surface area contributed by atoms with Gasteiger partial charge in [-0.25, -0.2) is 4.79 Å². The predicted octanol–water partition coefficient (Wildman–Crippen LogP) is 6.39. The number of rotatable bonds is 4. The number of carboxylic acids is 1. The highest BCUT2D eigenvalue weighted by atomic mass is 16.5. The van der Waals surface area contributed by atoms with Crippen LogP contribution in [0.15, 0.2) is 48.5 Å². The van der Waals surface area contributed by atoms with Crippen molar-refractivity contribution in [1.82, 2.24) is 0 Å². The smallest absolute Gasteiger partial charge is 0.335 e. The minimum absolute atomic E-state index is 0.00318. The zero-order chi connectivity index (χ0) is 22.0. The lowest BCUT2D eigenvalue weighted by Gasteiger charge is -2.57. The summed E-state index contributed by atoms with van der Waals surface area (Å²) in [5.41, 5.74) is 3.80. The van der Waals surface area contributed by atoms with Crippen molar-refractivity contribution < 1.29 is 19.7 Å². The Bertz CT molecular complexity index is 1210. The van der Waals surface area contributed by atoms with Gasteiger partial charge in [0.15, 0.2) is 0 Å². The van der Waals surface area contributed by atoms with Gasteiger partial charge in [-0.15, -0.1) is 0 Å². The first-order valence-electron chi connectivity index (χ1n) is 11.6. The molecule has 0 aromatic heterocycles. The van der Waals surface area contributed by atoms with Crippen LogP contribution in [0.25, 0.3) is 21.9 Å². The van der Waals surface area contributed by atoms with Gasteiger partial charge in [0.05, 0.1) is 12.7 Å². The summed E-state index contributed by atoms with van der Waals surface area (Å²) in [5.74, 6) is 2.52. The molecule has 32 heavy (non-hydrogen) atoms. The molecule has 4 fully saturated rings. The molecular weight excluding hydrogens is 400 g/mol. The molecule has 0 heterocycles. The summed E-state index contributed by atoms with van der Waals surface area (Å²) in [5, 5.41) is 21.1. The molecule has 164 valence electrons. The number of carbonyl (C=O) groups is 1. The van der Waals surface area contributed by atoms with Crippen molar-refractivity contribution >= 4 is 16.7 Å². The van der Waals surface area contributed by atoms with E-state index in [9.17, 15) is 15.0 Å². The Hall–Kier alpha value is -3.01. The molecule has 0 radical (unpaired) electrons. The summed E-state index contributed by atoms with van der Waals surface area (Å²) in [6, 6.07) is 15.3. The number of benzene rings is 3. The summed E-state index contributed by atoms with van der Waals surface area (Å²) in [4.78, 5) is 11.3. The average molecular weight is 429 g/mol. The first kappa shape index (κ1) is 19.7. The molecule has 0 aliphatic heterocycles. The van der Waals surface area contributed by atoms with E-state index >= 15 is 0 Å². The highest BCUT2D eigenvalue weighted by Gasteiger charge is 2.52. The van der Waals surface area contributed by atoms with Gasteiger partial charge in [0.25, 0.3) is 0 Å². The number of methoxy groups -OCH3 is 1. The third-order valence-corrected chi connectivity index (χ3v) is 8.32. The quantitative estimate of drug-likeness (QED) is 0.505. The number of carboxylic acid groups (broad SMARTS) is 1. The second-order valence-corrected chi connectivity index (χ2v) is 10.3. The van der Waals surface area contributed by atoms with Crippen LogP contribution in [0.3, 0.4) is 0 Å². The summed E-state index contributed by atoms with van der Waals surface area (Å²) in [6.45, 7) is 0. The van der Waals surface area contributed by atoms with Gasteiger partial charge in [0.1, 0.15) is 11.5 Å². The highest BCUT2D eigenvalue weighted by Crippen LogP contribution is 2.62. The molecule has 4 heteroatoms. The maximum Gasteiger partial charge on any atom is 0.335 e. The second kappa shape index (κ2) is 6.99. The molecule has 3 aromatic rings. The Morgan fingerprint density at radius 1 is 0.906 bits per heavy atom. The molecule has 0 spiro atoms. The number of phenolic OH excluding ortho intramolecular Hbond substituents is 1. The Morgan fingerprint density at radius 3 is 2.16 bits per heavy atom. The van der Waals surface area contributed by atoms with Crippen molar-refractivity contribution in [2.24, 2.45) is 17.8 Å². The van der Waals surface area contributed by atoms with Crippen LogP contribution in [0.5, 0.6) is 11.5 Å². The third-order valence-electron chi connectivity index (χ3n) is 8.32. The van der Waals surface area contributed by atoms with Gasteiger partial charge in [0.2, 0.25) is 0 Å². The number of hydrogen-bond donors (Lipinski definition) is 2. The van der Waals surface area contributed by atoms with Crippen molar-refractivity contribution in [2.75, 3.05) is 7.11 Å². The molecule has 4 aliphatic rings. The van der Waals surface area contributed by atoms with Crippen molar-refractivity contribution in [3.8, 4) is 22.6 Å². The van der Waals surface area contributed by atoms with E-state index in [2.05, 4.69) is 18.2 Å². The SMILES string of the molecule is COc1ccc(-c2ccc3cc(C(=O)O)cc(O)c3c2)cc1C12CC3CC(CC(C3)C1)C2. The van der Waals surface area contributed by atoms with E-state index in [0.717, 1.165) is 40.0 Å². The van der Waals surface area contributed by atoms with Gasteiger partial charge >= 0.3 is 5.97 Å². The van der Waals surface area contributed by atoms with Crippen LogP contribution in [0, 0.1) is 17.8 Å². The van der Waals surface area contributed by atoms with E-state index in [1.807, 2.05) is 18.2 Å². The Kier molecular flexibility index (Phi) is 4.30. The van der Waals surface area contributed by atoms with Gasteiger partial charge in [-0.05, 0) is 109 Å². The summed E-state index contributed by atoms with van der Waals surface area (Å²) >= 11 is 0. The first-order chi connectivity index (χ1) is 15.4. The van der Waals surface area contributed by atoms with E-state index in [-0.39, 0.29) is 16.7 Å². The van der Waals surface area contributed by atoms with Crippen LogP contribution < -0.4 is 4.74 Å². The van der Waals surface area contributed by atoms with Gasteiger partial charge in [-0.1, -0.05) is 18.2 Å². The van der Waals surface area contributed by atoms with Crippen LogP contribution in [0.2, 0.25) is 0 Å². The maximum absolute atomic E-state index is 11.3. The molecule has 4 aliphatic carbocycles. The molecular formula is C28H28O4. The molecule has 0 amide bonds. The number of aromatic hydroxyl groups is 1. The topological polar surface area (TPSA) is 66.8 Å². The van der Waals surface area contributed by atoms with Crippen molar-refractivity contribution in [2.45, 2.75) is 43.9 Å². The Morgan fingerprint density at radius 2 is 1.53 bits per heavy atom. The number of phenols is 1. The second-order valence-electron chi connectivity index (χ2n) is 10.3. The molecule has 0 unspecified atom stereocenters. The Labute approximate surface area is 187 Å². The van der Waals surface area contributed by atoms with Crippen LogP contribution in [-0.2, 0) is 5.41 Å². The molecule has 3 aromatic carbocycles. The molecule has 4 saturated carbocycles. The molecule has 0 atom stereocenters. The number of aromatic carboxylic acids is 1. The fraction of sp³-hybridized carbons (Fsp3) is 0.393. The largest absolute Gasteiger partial charge is 0.507 e. The summed E-state index contributed by atoms with van der Waals surface area (Å²) in [7, 11) is 1.77. The summed E-state index contributed by atoms with van der Waals surface area (Å²) < 4.78 is 5.86. The van der Waals surface area contributed by atoms with Crippen molar-refractivity contribution in [1.29, 1.82) is 0 Å². The molecule has 2 N–H and O–H groups in total. The van der Waals surface area contributed by atoms with E-state index in [1.165, 1.54) is 50.2 Å². The van der Waals surface area contributed by atoms with Gasteiger partial charge in [-0.2, -0.15) is 0 Å². The van der Waals surface area contributed by atoms with Crippen molar-refractivity contribution in [3.63, 3.8) is 0 Å². The predicted molar refractivity (Wildman–Crippen MR) is 124 cm³/mol. The van der Waals surface area contributed by atoms with E-state index in [0.29, 0.717) is 5.39 Å². The molecule has 0 saturated heterocycles. The first-order valence-corrected chi connectivity index (χ1v) is 11.6. The van der Waals surface area contributed by atoms with Gasteiger partial charge in [-0.3, -0.25) is 0 Å². The van der Waals surface area contributed by atoms with Crippen molar-refractivity contribution in [3.05, 3.63) is 59.7 Å². The fourth-order valence-corrected chi connectivity index (χ4v) is 7.38. The van der Waals surface area contributed by atoms with Crippen LogP contribution in [0.4, 0.5) is 0 Å². The highest BCUT2D eigenvalue weighted by molar-refractivity contribution is 5.99. The minimum atomic E-state index is -1.04. The van der Waals surface area contributed by atoms with Crippen LogP contribution in [-0.4, -0.2) is 23.3 Å². The fourth-order valence-electron chi connectivity index (χ4n) is 7.38. The molecule has 4 nitrogen and oxygen atoms in total. The normalized spacial score (nSPS) is 28.2. The number of hydrogen-bond acceptors (Lipinski definition) is 3. The number of ether oxygens (including phenoxy) is 1. The molecule has 7 rings (SSSR count). The van der Waals surface area contributed by atoms with Crippen LogP contribution >= 0.6 is 0 Å². The van der Waals surface area contributed by atoms with E-state index < -0.39 is 5.97 Å². The monoisotopic (exact) mass is 428 g/mol. The van der Waals surface area contributed by atoms with E-state index in [4.69, 9.17) is 4.74 Å². The lowest BCUT2D eigenvalue weighted by atomic mass is 9.48. The maximum atomic E-state index is 11.3. The average Bonchev–Trinajstić information content (AvgIpc) is 2.77. The van der Waals surface area contributed by atoms with Crippen LogP contribution in [0.1, 0.15) is 54.4 Å².